The summed E-state index contributed by atoms with van der Waals surface area (Å²) in [7, 11) is 0. The van der Waals surface area contributed by atoms with Crippen LogP contribution >= 0.6 is 0 Å². The SMILES string of the molecule is C=CCN1C(=O)NC(=N)C1C(C)CC. The highest BCUT2D eigenvalue weighted by Gasteiger charge is 2.37. The van der Waals surface area contributed by atoms with Crippen molar-refractivity contribution >= 4 is 11.9 Å². The number of urea groups is 1. The molecule has 2 amide bonds. The van der Waals surface area contributed by atoms with Crippen LogP contribution in [0.1, 0.15) is 20.3 Å². The summed E-state index contributed by atoms with van der Waals surface area (Å²) in [6, 6.07) is -0.286. The Labute approximate surface area is 84.5 Å². The van der Waals surface area contributed by atoms with Crippen molar-refractivity contribution in [1.82, 2.24) is 10.2 Å². The van der Waals surface area contributed by atoms with Crippen molar-refractivity contribution in [1.29, 1.82) is 5.41 Å². The van der Waals surface area contributed by atoms with Crippen molar-refractivity contribution in [3.8, 4) is 0 Å². The van der Waals surface area contributed by atoms with Crippen LogP contribution in [-0.4, -0.2) is 29.4 Å². The maximum atomic E-state index is 11.4. The van der Waals surface area contributed by atoms with Gasteiger partial charge in [-0.05, 0) is 5.92 Å². The number of amides is 2. The van der Waals surface area contributed by atoms with Gasteiger partial charge in [-0.2, -0.15) is 0 Å². The van der Waals surface area contributed by atoms with E-state index >= 15 is 0 Å². The molecule has 1 rings (SSSR count). The van der Waals surface area contributed by atoms with Crippen LogP contribution in [0, 0.1) is 11.3 Å². The van der Waals surface area contributed by atoms with Gasteiger partial charge in [0.15, 0.2) is 0 Å². The predicted octanol–water partition coefficient (Wildman–Crippen LogP) is 1.59. The first-order valence-corrected chi connectivity index (χ1v) is 4.88. The van der Waals surface area contributed by atoms with Gasteiger partial charge in [0.05, 0.1) is 6.04 Å². The van der Waals surface area contributed by atoms with Gasteiger partial charge in [0.1, 0.15) is 5.84 Å². The third kappa shape index (κ3) is 1.78. The fourth-order valence-electron chi connectivity index (χ4n) is 1.69. The van der Waals surface area contributed by atoms with Crippen molar-refractivity contribution in [3.63, 3.8) is 0 Å². The second-order valence-corrected chi connectivity index (χ2v) is 3.62. The zero-order chi connectivity index (χ0) is 10.7. The standard InChI is InChI=1S/C10H17N3O/c1-4-6-13-8(7(3)5-2)9(11)12-10(13)14/h4,7-8H,1,5-6H2,2-3H3,(H2,11,12,14). The fraction of sp³-hybridized carbons (Fsp3) is 0.600. The molecule has 4 heteroatoms. The molecule has 2 N–H and O–H groups in total. The molecular weight excluding hydrogens is 178 g/mol. The average Bonchev–Trinajstić information content (AvgIpc) is 2.42. The average molecular weight is 195 g/mol. The lowest BCUT2D eigenvalue weighted by Crippen LogP contribution is -2.39. The van der Waals surface area contributed by atoms with Crippen molar-refractivity contribution in [2.75, 3.05) is 6.54 Å². The lowest BCUT2D eigenvalue weighted by molar-refractivity contribution is 0.199. The molecule has 1 aliphatic heterocycles. The highest BCUT2D eigenvalue weighted by Crippen LogP contribution is 2.19. The Morgan fingerprint density at radius 3 is 2.93 bits per heavy atom. The van der Waals surface area contributed by atoms with E-state index in [1.807, 2.05) is 0 Å². The first-order chi connectivity index (χ1) is 6.61. The van der Waals surface area contributed by atoms with Gasteiger partial charge < -0.3 is 4.90 Å². The summed E-state index contributed by atoms with van der Waals surface area (Å²) in [6.45, 7) is 8.23. The molecule has 14 heavy (non-hydrogen) atoms. The minimum Gasteiger partial charge on any atom is -0.310 e. The van der Waals surface area contributed by atoms with Crippen molar-refractivity contribution in [2.24, 2.45) is 5.92 Å². The minimum atomic E-state index is -0.180. The molecule has 0 spiro atoms. The van der Waals surface area contributed by atoms with Crippen LogP contribution < -0.4 is 5.32 Å². The molecule has 0 aliphatic carbocycles. The molecule has 1 aliphatic rings. The van der Waals surface area contributed by atoms with Gasteiger partial charge >= 0.3 is 6.03 Å². The number of amidine groups is 1. The molecular formula is C10H17N3O. The fourth-order valence-corrected chi connectivity index (χ4v) is 1.69. The van der Waals surface area contributed by atoms with Gasteiger partial charge in [-0.3, -0.25) is 10.7 Å². The Bertz CT molecular complexity index is 262. The number of nitrogens with one attached hydrogen (secondary N) is 2. The normalized spacial score (nSPS) is 23.6. The molecule has 1 heterocycles. The molecule has 0 bridgehead atoms. The Balaban J connectivity index is 2.82. The Morgan fingerprint density at radius 2 is 2.43 bits per heavy atom. The summed E-state index contributed by atoms with van der Waals surface area (Å²) < 4.78 is 0. The van der Waals surface area contributed by atoms with Gasteiger partial charge in [-0.1, -0.05) is 26.3 Å². The lowest BCUT2D eigenvalue weighted by atomic mass is 9.98. The number of hydrogen-bond acceptors (Lipinski definition) is 2. The number of rotatable bonds is 4. The molecule has 1 saturated heterocycles. The van der Waals surface area contributed by atoms with Gasteiger partial charge in [-0.15, -0.1) is 6.58 Å². The molecule has 78 valence electrons. The molecule has 0 aromatic heterocycles. The minimum absolute atomic E-state index is 0.106. The molecule has 4 nitrogen and oxygen atoms in total. The first kappa shape index (κ1) is 10.8. The Hall–Kier alpha value is -1.32. The molecule has 0 radical (unpaired) electrons. The molecule has 0 saturated carbocycles. The quantitative estimate of drug-likeness (QED) is 0.657. The van der Waals surface area contributed by atoms with Gasteiger partial charge in [0.25, 0.3) is 0 Å². The monoisotopic (exact) mass is 195 g/mol. The summed E-state index contributed by atoms with van der Waals surface area (Å²) in [6.07, 6.45) is 2.64. The largest absolute Gasteiger partial charge is 0.323 e. The topological polar surface area (TPSA) is 56.2 Å². The van der Waals surface area contributed by atoms with Gasteiger partial charge in [0.2, 0.25) is 0 Å². The maximum absolute atomic E-state index is 11.4. The van der Waals surface area contributed by atoms with E-state index in [2.05, 4.69) is 25.7 Å². The van der Waals surface area contributed by atoms with Crippen LogP contribution in [-0.2, 0) is 0 Å². The third-order valence-corrected chi connectivity index (χ3v) is 2.64. The summed E-state index contributed by atoms with van der Waals surface area (Å²) in [5.41, 5.74) is 0. The molecule has 0 aromatic carbocycles. The van der Waals surface area contributed by atoms with E-state index in [1.165, 1.54) is 0 Å². The second-order valence-electron chi connectivity index (χ2n) is 3.62. The maximum Gasteiger partial charge on any atom is 0.323 e. The van der Waals surface area contributed by atoms with Crippen LogP contribution in [0.5, 0.6) is 0 Å². The number of carbonyl (C=O) groups is 1. The molecule has 0 aromatic rings. The Kier molecular flexibility index (Phi) is 3.28. The van der Waals surface area contributed by atoms with Crippen LogP contribution in [0.3, 0.4) is 0 Å². The van der Waals surface area contributed by atoms with Gasteiger partial charge in [0, 0.05) is 6.54 Å². The summed E-state index contributed by atoms with van der Waals surface area (Å²) in [5.74, 6) is 0.618. The zero-order valence-electron chi connectivity index (χ0n) is 8.71. The lowest BCUT2D eigenvalue weighted by Gasteiger charge is -2.25. The van der Waals surface area contributed by atoms with Crippen LogP contribution in [0.2, 0.25) is 0 Å². The number of carbonyl (C=O) groups excluding carboxylic acids is 1. The Morgan fingerprint density at radius 1 is 1.79 bits per heavy atom. The van der Waals surface area contributed by atoms with E-state index in [0.717, 1.165) is 6.42 Å². The van der Waals surface area contributed by atoms with E-state index < -0.39 is 0 Å². The van der Waals surface area contributed by atoms with Crippen LogP contribution in [0.4, 0.5) is 4.79 Å². The van der Waals surface area contributed by atoms with E-state index in [4.69, 9.17) is 5.41 Å². The molecule has 1 fully saturated rings. The van der Waals surface area contributed by atoms with Crippen molar-refractivity contribution in [2.45, 2.75) is 26.3 Å². The number of nitrogens with zero attached hydrogens (tertiary/aromatic N) is 1. The van der Waals surface area contributed by atoms with Crippen molar-refractivity contribution < 1.29 is 4.79 Å². The molecule has 2 atom stereocenters. The highest BCUT2D eigenvalue weighted by molar-refractivity contribution is 6.05. The summed E-state index contributed by atoms with van der Waals surface area (Å²) in [5, 5.41) is 10.2. The van der Waals surface area contributed by atoms with Crippen LogP contribution in [0.15, 0.2) is 12.7 Å². The van der Waals surface area contributed by atoms with E-state index in [1.54, 1.807) is 11.0 Å². The first-order valence-electron chi connectivity index (χ1n) is 4.88. The highest BCUT2D eigenvalue weighted by atomic mass is 16.2. The van der Waals surface area contributed by atoms with Crippen molar-refractivity contribution in [3.05, 3.63) is 12.7 Å². The van der Waals surface area contributed by atoms with Crippen LogP contribution in [0.25, 0.3) is 0 Å². The predicted molar refractivity (Wildman–Crippen MR) is 56.4 cm³/mol. The third-order valence-electron chi connectivity index (χ3n) is 2.64. The summed E-state index contributed by atoms with van der Waals surface area (Å²) >= 11 is 0. The smallest absolute Gasteiger partial charge is 0.310 e. The van der Waals surface area contributed by atoms with E-state index in [-0.39, 0.29) is 12.1 Å². The summed E-state index contributed by atoms with van der Waals surface area (Å²) in [4.78, 5) is 13.1. The second kappa shape index (κ2) is 4.26. The van der Waals surface area contributed by atoms with E-state index in [9.17, 15) is 4.79 Å². The number of hydrogen-bond donors (Lipinski definition) is 2. The van der Waals surface area contributed by atoms with Gasteiger partial charge in [-0.25, -0.2) is 4.79 Å². The zero-order valence-corrected chi connectivity index (χ0v) is 8.71. The van der Waals surface area contributed by atoms with E-state index in [0.29, 0.717) is 18.3 Å². The molecule has 2 unspecified atom stereocenters.